The van der Waals surface area contributed by atoms with Gasteiger partial charge in [-0.1, -0.05) is 0 Å². The summed E-state index contributed by atoms with van der Waals surface area (Å²) < 4.78 is 1.62. The van der Waals surface area contributed by atoms with Crippen LogP contribution in [0.1, 0.15) is 0 Å². The molecule has 1 atom stereocenters. The second-order valence-corrected chi connectivity index (χ2v) is 2.20. The van der Waals surface area contributed by atoms with E-state index in [1.807, 2.05) is 0 Å². The molecule has 0 aliphatic carbocycles. The van der Waals surface area contributed by atoms with Gasteiger partial charge in [-0.2, -0.15) is 0 Å². The number of imidazole rings is 1. The Morgan fingerprint density at radius 1 is 1.62 bits per heavy atom. The predicted octanol–water partition coefficient (Wildman–Crippen LogP) is 0.139. The Kier molecular flexibility index (Phi) is 7.60. The summed E-state index contributed by atoms with van der Waals surface area (Å²) in [4.78, 5) is 14.0. The van der Waals surface area contributed by atoms with Gasteiger partial charge in [-0.15, -0.1) is 24.8 Å². The number of nitrogens with two attached hydrogens (primary N) is 1. The molecule has 1 aromatic heterocycles. The van der Waals surface area contributed by atoms with E-state index in [2.05, 4.69) is 4.98 Å². The molecular formula is C6H11Cl2N3O2. The van der Waals surface area contributed by atoms with Gasteiger partial charge in [0.05, 0.1) is 6.33 Å². The first-order valence-corrected chi connectivity index (χ1v) is 3.14. The van der Waals surface area contributed by atoms with Crippen LogP contribution in [0, 0.1) is 0 Å². The number of rotatable bonds is 3. The third-order valence-corrected chi connectivity index (χ3v) is 1.28. The minimum Gasteiger partial charge on any atom is -0.480 e. The van der Waals surface area contributed by atoms with Gasteiger partial charge >= 0.3 is 5.97 Å². The van der Waals surface area contributed by atoms with Gasteiger partial charge in [0.25, 0.3) is 0 Å². The van der Waals surface area contributed by atoms with Crippen LogP contribution in [0.25, 0.3) is 0 Å². The van der Waals surface area contributed by atoms with Crippen molar-refractivity contribution in [1.29, 1.82) is 0 Å². The highest BCUT2D eigenvalue weighted by molar-refractivity contribution is 5.85. The minimum atomic E-state index is -1.00. The van der Waals surface area contributed by atoms with Crippen molar-refractivity contribution in [3.63, 3.8) is 0 Å². The zero-order valence-electron chi connectivity index (χ0n) is 6.66. The van der Waals surface area contributed by atoms with Crippen molar-refractivity contribution in [1.82, 2.24) is 9.55 Å². The van der Waals surface area contributed by atoms with Crippen LogP contribution in [-0.2, 0) is 11.3 Å². The van der Waals surface area contributed by atoms with Crippen molar-refractivity contribution >= 4 is 30.8 Å². The monoisotopic (exact) mass is 227 g/mol. The largest absolute Gasteiger partial charge is 0.480 e. The van der Waals surface area contributed by atoms with E-state index < -0.39 is 12.0 Å². The lowest BCUT2D eigenvalue weighted by molar-refractivity contribution is -0.138. The van der Waals surface area contributed by atoms with Crippen LogP contribution < -0.4 is 5.73 Å². The fourth-order valence-corrected chi connectivity index (χ4v) is 0.700. The molecule has 0 bridgehead atoms. The summed E-state index contributed by atoms with van der Waals surface area (Å²) in [6, 6.07) is -0.857. The van der Waals surface area contributed by atoms with Gasteiger partial charge in [0.15, 0.2) is 0 Å². The summed E-state index contributed by atoms with van der Waals surface area (Å²) in [6.45, 7) is 0.259. The zero-order valence-corrected chi connectivity index (χ0v) is 8.29. The minimum absolute atomic E-state index is 0. The summed E-state index contributed by atoms with van der Waals surface area (Å²) in [6.07, 6.45) is 4.78. The van der Waals surface area contributed by atoms with Crippen LogP contribution in [0.3, 0.4) is 0 Å². The summed E-state index contributed by atoms with van der Waals surface area (Å²) >= 11 is 0. The van der Waals surface area contributed by atoms with E-state index in [1.54, 1.807) is 17.0 Å². The Morgan fingerprint density at radius 3 is 2.62 bits per heavy atom. The highest BCUT2D eigenvalue weighted by Crippen LogP contribution is 1.89. The Balaban J connectivity index is 0. The lowest BCUT2D eigenvalue weighted by Crippen LogP contribution is -2.34. The topological polar surface area (TPSA) is 81.1 Å². The molecule has 1 rings (SSSR count). The normalized spacial score (nSPS) is 10.8. The number of carbonyl (C=O) groups is 1. The predicted molar refractivity (Wildman–Crippen MR) is 52.3 cm³/mol. The molecule has 0 aromatic carbocycles. The first-order chi connectivity index (χ1) is 5.20. The maximum absolute atomic E-state index is 10.3. The van der Waals surface area contributed by atoms with E-state index in [9.17, 15) is 4.79 Å². The average Bonchev–Trinajstić information content (AvgIpc) is 2.39. The van der Waals surface area contributed by atoms with Gasteiger partial charge in [-0.05, 0) is 0 Å². The van der Waals surface area contributed by atoms with Gasteiger partial charge in [0.2, 0.25) is 0 Å². The van der Waals surface area contributed by atoms with E-state index >= 15 is 0 Å². The number of aliphatic carboxylic acids is 1. The number of hydrogen-bond acceptors (Lipinski definition) is 3. The Labute approximate surface area is 87.8 Å². The molecule has 0 aliphatic heterocycles. The van der Waals surface area contributed by atoms with E-state index in [4.69, 9.17) is 10.8 Å². The molecule has 0 fully saturated rings. The summed E-state index contributed by atoms with van der Waals surface area (Å²) in [5.41, 5.74) is 5.26. The second-order valence-electron chi connectivity index (χ2n) is 2.20. The van der Waals surface area contributed by atoms with Crippen molar-refractivity contribution in [2.24, 2.45) is 5.73 Å². The SMILES string of the molecule is Cl.Cl.NC(Cn1ccnc1)C(=O)O. The maximum Gasteiger partial charge on any atom is 0.322 e. The van der Waals surface area contributed by atoms with Crippen LogP contribution in [0.4, 0.5) is 0 Å². The molecule has 13 heavy (non-hydrogen) atoms. The smallest absolute Gasteiger partial charge is 0.322 e. The molecule has 1 heterocycles. The number of hydrogen-bond donors (Lipinski definition) is 2. The number of carboxylic acids is 1. The molecule has 0 radical (unpaired) electrons. The molecule has 0 saturated heterocycles. The Hall–Kier alpha value is -0.780. The Morgan fingerprint density at radius 2 is 2.23 bits per heavy atom. The van der Waals surface area contributed by atoms with Crippen LogP contribution in [-0.4, -0.2) is 26.7 Å². The fourth-order valence-electron chi connectivity index (χ4n) is 0.700. The molecular weight excluding hydrogens is 217 g/mol. The summed E-state index contributed by atoms with van der Waals surface area (Å²) in [5.74, 6) is -1.00. The summed E-state index contributed by atoms with van der Waals surface area (Å²) in [5, 5.41) is 8.42. The van der Waals surface area contributed by atoms with E-state index in [0.717, 1.165) is 0 Å². The van der Waals surface area contributed by atoms with Gasteiger partial charge in [0, 0.05) is 18.9 Å². The number of nitrogens with zero attached hydrogens (tertiary/aromatic N) is 2. The molecule has 1 unspecified atom stereocenters. The molecule has 76 valence electrons. The standard InChI is InChI=1S/C6H9N3O2.2ClH/c7-5(6(10)11)3-9-2-1-8-4-9;;/h1-2,4-5H,3,7H2,(H,10,11);2*1H. The van der Waals surface area contributed by atoms with Crippen molar-refractivity contribution in [3.05, 3.63) is 18.7 Å². The van der Waals surface area contributed by atoms with Crippen LogP contribution >= 0.6 is 24.8 Å². The molecule has 0 saturated carbocycles. The fraction of sp³-hybridized carbons (Fsp3) is 0.333. The quantitative estimate of drug-likeness (QED) is 0.770. The Bertz CT molecular complexity index is 240. The first-order valence-electron chi connectivity index (χ1n) is 3.14. The third-order valence-electron chi connectivity index (χ3n) is 1.28. The zero-order chi connectivity index (χ0) is 8.27. The van der Waals surface area contributed by atoms with Gasteiger partial charge in [0.1, 0.15) is 6.04 Å². The molecule has 7 heteroatoms. The number of carboxylic acid groups (broad SMARTS) is 1. The molecule has 0 amide bonds. The van der Waals surface area contributed by atoms with Crippen molar-refractivity contribution < 1.29 is 9.90 Å². The third kappa shape index (κ3) is 4.72. The molecule has 0 aliphatic rings. The maximum atomic E-state index is 10.3. The average molecular weight is 228 g/mol. The highest BCUT2D eigenvalue weighted by Gasteiger charge is 2.10. The van der Waals surface area contributed by atoms with E-state index in [1.165, 1.54) is 6.33 Å². The summed E-state index contributed by atoms with van der Waals surface area (Å²) in [7, 11) is 0. The van der Waals surface area contributed by atoms with Crippen molar-refractivity contribution in [2.75, 3.05) is 0 Å². The van der Waals surface area contributed by atoms with Crippen LogP contribution in [0.15, 0.2) is 18.7 Å². The van der Waals surface area contributed by atoms with Gasteiger partial charge < -0.3 is 15.4 Å². The van der Waals surface area contributed by atoms with Crippen LogP contribution in [0.2, 0.25) is 0 Å². The van der Waals surface area contributed by atoms with Crippen molar-refractivity contribution in [2.45, 2.75) is 12.6 Å². The number of halogens is 2. The lowest BCUT2D eigenvalue weighted by atomic mass is 10.3. The first kappa shape index (κ1) is 14.7. The highest BCUT2D eigenvalue weighted by atomic mass is 35.5. The molecule has 1 aromatic rings. The van der Waals surface area contributed by atoms with E-state index in [-0.39, 0.29) is 31.4 Å². The molecule has 3 N–H and O–H groups in total. The number of aromatic nitrogens is 2. The second kappa shape index (κ2) is 6.71. The molecule has 5 nitrogen and oxygen atoms in total. The van der Waals surface area contributed by atoms with Gasteiger partial charge in [-0.3, -0.25) is 4.79 Å². The van der Waals surface area contributed by atoms with Gasteiger partial charge in [-0.25, -0.2) is 4.98 Å². The van der Waals surface area contributed by atoms with E-state index in [0.29, 0.717) is 0 Å². The van der Waals surface area contributed by atoms with Crippen LogP contribution in [0.5, 0.6) is 0 Å². The molecule has 0 spiro atoms. The lowest BCUT2D eigenvalue weighted by Gasteiger charge is -2.05. The van der Waals surface area contributed by atoms with Crippen molar-refractivity contribution in [3.8, 4) is 0 Å².